The van der Waals surface area contributed by atoms with Crippen LogP contribution >= 0.6 is 11.6 Å². The van der Waals surface area contributed by atoms with Crippen molar-refractivity contribution in [3.8, 4) is 5.75 Å². The molecule has 2 N–H and O–H groups in total. The summed E-state index contributed by atoms with van der Waals surface area (Å²) in [5, 5.41) is 3.97. The SMILES string of the molecule is O=C(NCCC(F)(F)F)N[C@@](Cc1ccccc1)(c1cc(F)cc(OC(F)(F)C(F)F)c1)c1ccc(F)c(Cl)c1. The number of hydrogen-bond acceptors (Lipinski definition) is 2. The third-order valence-electron chi connectivity index (χ3n) is 5.62. The van der Waals surface area contributed by atoms with Gasteiger partial charge >= 0.3 is 24.7 Å². The molecule has 1 atom stereocenters. The topological polar surface area (TPSA) is 50.4 Å². The highest BCUT2D eigenvalue weighted by molar-refractivity contribution is 6.30. The first-order chi connectivity index (χ1) is 18.6. The van der Waals surface area contributed by atoms with Crippen molar-refractivity contribution in [3.63, 3.8) is 0 Å². The van der Waals surface area contributed by atoms with Gasteiger partial charge in [-0.2, -0.15) is 30.7 Å². The molecule has 0 aliphatic heterocycles. The van der Waals surface area contributed by atoms with Gasteiger partial charge in [-0.3, -0.25) is 0 Å². The number of carbonyl (C=O) groups excluding carboxylic acids is 1. The number of amides is 2. The van der Waals surface area contributed by atoms with Crippen LogP contribution in [0.2, 0.25) is 5.02 Å². The standard InChI is InChI=1S/C26H20ClF9N2O2/c27-20-12-16(6-7-21(20)29)24(14-15-4-2-1-3-5-15,38-23(39)37-9-8-25(32,33)34)17-10-18(28)13-19(11-17)40-26(35,36)22(30)31/h1-7,10-13,22H,8-9,14H2,(H2,37,38,39)/t24-/m1/s1. The second kappa shape index (κ2) is 12.3. The smallest absolute Gasteiger partial charge is 0.428 e. The minimum Gasteiger partial charge on any atom is -0.428 e. The Morgan fingerprint density at radius 1 is 0.900 bits per heavy atom. The number of nitrogens with one attached hydrogen (secondary N) is 2. The second-order valence-corrected chi connectivity index (χ2v) is 8.99. The molecule has 0 aliphatic rings. The van der Waals surface area contributed by atoms with Gasteiger partial charge in [0.05, 0.1) is 17.0 Å². The summed E-state index contributed by atoms with van der Waals surface area (Å²) in [5.41, 5.74) is -2.00. The fourth-order valence-electron chi connectivity index (χ4n) is 3.85. The maximum absolute atomic E-state index is 14.8. The fourth-order valence-corrected chi connectivity index (χ4v) is 4.03. The van der Waals surface area contributed by atoms with Crippen LogP contribution in [0.25, 0.3) is 0 Å². The molecule has 0 saturated heterocycles. The van der Waals surface area contributed by atoms with Crippen molar-refractivity contribution in [2.45, 2.75) is 37.1 Å². The normalized spacial score (nSPS) is 13.6. The molecule has 3 aromatic rings. The zero-order valence-corrected chi connectivity index (χ0v) is 20.9. The number of ether oxygens (including phenoxy) is 1. The van der Waals surface area contributed by atoms with Gasteiger partial charge < -0.3 is 15.4 Å². The zero-order chi connectivity index (χ0) is 29.7. The third kappa shape index (κ3) is 7.96. The number of hydrogen-bond donors (Lipinski definition) is 2. The molecule has 40 heavy (non-hydrogen) atoms. The van der Waals surface area contributed by atoms with Gasteiger partial charge in [-0.25, -0.2) is 13.6 Å². The molecule has 0 radical (unpaired) electrons. The zero-order valence-electron chi connectivity index (χ0n) is 20.1. The van der Waals surface area contributed by atoms with Crippen LogP contribution in [-0.2, 0) is 12.0 Å². The third-order valence-corrected chi connectivity index (χ3v) is 5.91. The highest BCUT2D eigenvalue weighted by Gasteiger charge is 2.45. The fraction of sp³-hybridized carbons (Fsp3) is 0.269. The van der Waals surface area contributed by atoms with Gasteiger partial charge in [-0.05, 0) is 41.0 Å². The molecule has 0 saturated carbocycles. The number of alkyl halides is 7. The molecule has 0 unspecified atom stereocenters. The van der Waals surface area contributed by atoms with E-state index in [1.54, 1.807) is 30.3 Å². The summed E-state index contributed by atoms with van der Waals surface area (Å²) in [4.78, 5) is 12.9. The maximum atomic E-state index is 14.8. The summed E-state index contributed by atoms with van der Waals surface area (Å²) in [5.74, 6) is -3.19. The highest BCUT2D eigenvalue weighted by atomic mass is 35.5. The molecule has 3 rings (SSSR count). The predicted molar refractivity (Wildman–Crippen MR) is 128 cm³/mol. The molecule has 14 heteroatoms. The minimum absolute atomic E-state index is 0.0501. The van der Waals surface area contributed by atoms with Crippen LogP contribution in [0.5, 0.6) is 5.75 Å². The maximum Gasteiger partial charge on any atom is 0.461 e. The van der Waals surface area contributed by atoms with Crippen LogP contribution in [0.3, 0.4) is 0 Å². The van der Waals surface area contributed by atoms with Crippen molar-refractivity contribution in [2.24, 2.45) is 0 Å². The van der Waals surface area contributed by atoms with Gasteiger partial charge in [-0.1, -0.05) is 48.0 Å². The Morgan fingerprint density at radius 3 is 2.17 bits per heavy atom. The van der Waals surface area contributed by atoms with Gasteiger partial charge in [0.25, 0.3) is 0 Å². The van der Waals surface area contributed by atoms with Crippen molar-refractivity contribution in [2.75, 3.05) is 6.54 Å². The molecule has 216 valence electrons. The quantitative estimate of drug-likeness (QED) is 0.236. The lowest BCUT2D eigenvalue weighted by atomic mass is 9.77. The van der Waals surface area contributed by atoms with Crippen molar-refractivity contribution in [3.05, 3.63) is 100 Å². The monoisotopic (exact) mass is 598 g/mol. The first kappa shape index (κ1) is 30.9. The number of benzene rings is 3. The summed E-state index contributed by atoms with van der Waals surface area (Å²) < 4.78 is 124. The van der Waals surface area contributed by atoms with E-state index in [0.717, 1.165) is 30.3 Å². The summed E-state index contributed by atoms with van der Waals surface area (Å²) in [6.45, 7) is -0.862. The number of halogens is 10. The van der Waals surface area contributed by atoms with E-state index in [0.29, 0.717) is 11.6 Å². The molecular weight excluding hydrogens is 579 g/mol. The number of rotatable bonds is 10. The summed E-state index contributed by atoms with van der Waals surface area (Å²) in [6, 6.07) is 11.7. The first-order valence-electron chi connectivity index (χ1n) is 11.4. The van der Waals surface area contributed by atoms with Gasteiger partial charge in [0.1, 0.15) is 17.4 Å². The lowest BCUT2D eigenvalue weighted by molar-refractivity contribution is -0.253. The van der Waals surface area contributed by atoms with Crippen molar-refractivity contribution in [1.82, 2.24) is 10.6 Å². The molecule has 0 aromatic heterocycles. The molecule has 0 bridgehead atoms. The second-order valence-electron chi connectivity index (χ2n) is 8.58. The average Bonchev–Trinajstić information content (AvgIpc) is 2.84. The summed E-state index contributed by atoms with van der Waals surface area (Å²) in [7, 11) is 0. The van der Waals surface area contributed by atoms with Crippen molar-refractivity contribution < 1.29 is 49.0 Å². The Bertz CT molecular complexity index is 1320. The Hall–Kier alpha value is -3.61. The summed E-state index contributed by atoms with van der Waals surface area (Å²) in [6.07, 6.45) is -15.6. The molecule has 0 aliphatic carbocycles. The molecule has 4 nitrogen and oxygen atoms in total. The lowest BCUT2D eigenvalue weighted by Gasteiger charge is -2.37. The van der Waals surface area contributed by atoms with E-state index in [1.165, 1.54) is 0 Å². The van der Waals surface area contributed by atoms with Gasteiger partial charge in [0, 0.05) is 19.0 Å². The minimum atomic E-state index is -5.02. The van der Waals surface area contributed by atoms with Gasteiger partial charge in [0.2, 0.25) is 0 Å². The molecule has 2 amide bonds. The van der Waals surface area contributed by atoms with Gasteiger partial charge in [0.15, 0.2) is 0 Å². The van der Waals surface area contributed by atoms with E-state index in [2.05, 4.69) is 10.1 Å². The van der Waals surface area contributed by atoms with Crippen LogP contribution in [-0.4, -0.2) is 31.3 Å². The average molecular weight is 599 g/mol. The molecule has 0 heterocycles. The Labute approximate surface area is 227 Å². The number of urea groups is 1. The molecule has 0 fully saturated rings. The van der Waals surface area contributed by atoms with E-state index in [-0.39, 0.29) is 17.5 Å². The molecule has 3 aromatic carbocycles. The van der Waals surface area contributed by atoms with Crippen LogP contribution in [0, 0.1) is 11.6 Å². The van der Waals surface area contributed by atoms with E-state index in [1.807, 2.05) is 5.32 Å². The highest BCUT2D eigenvalue weighted by Crippen LogP contribution is 2.39. The summed E-state index contributed by atoms with van der Waals surface area (Å²) >= 11 is 5.96. The van der Waals surface area contributed by atoms with E-state index < -0.39 is 65.7 Å². The first-order valence-corrected chi connectivity index (χ1v) is 11.8. The van der Waals surface area contributed by atoms with E-state index in [4.69, 9.17) is 11.6 Å². The van der Waals surface area contributed by atoms with Crippen LogP contribution in [0.15, 0.2) is 66.7 Å². The lowest BCUT2D eigenvalue weighted by Crippen LogP contribution is -2.52. The van der Waals surface area contributed by atoms with Crippen LogP contribution in [0.1, 0.15) is 23.1 Å². The van der Waals surface area contributed by atoms with E-state index >= 15 is 0 Å². The van der Waals surface area contributed by atoms with Crippen LogP contribution < -0.4 is 15.4 Å². The van der Waals surface area contributed by atoms with Crippen molar-refractivity contribution >= 4 is 17.6 Å². The van der Waals surface area contributed by atoms with Crippen LogP contribution in [0.4, 0.5) is 44.3 Å². The Morgan fingerprint density at radius 2 is 1.57 bits per heavy atom. The molecular formula is C26H20ClF9N2O2. The van der Waals surface area contributed by atoms with Gasteiger partial charge in [-0.15, -0.1) is 0 Å². The van der Waals surface area contributed by atoms with E-state index in [9.17, 15) is 44.3 Å². The largest absolute Gasteiger partial charge is 0.461 e. The number of carbonyl (C=O) groups is 1. The van der Waals surface area contributed by atoms with Crippen molar-refractivity contribution in [1.29, 1.82) is 0 Å². The predicted octanol–water partition coefficient (Wildman–Crippen LogP) is 7.59. The Balaban J connectivity index is 2.21. The molecule has 0 spiro atoms. The Kier molecular flexibility index (Phi) is 9.49.